The van der Waals surface area contributed by atoms with Gasteiger partial charge in [0.15, 0.2) is 17.5 Å². The molecule has 0 amide bonds. The molecule has 6 nitrogen and oxygen atoms in total. The van der Waals surface area contributed by atoms with Crippen molar-refractivity contribution in [1.29, 1.82) is 0 Å². The Morgan fingerprint density at radius 1 is 1.00 bits per heavy atom. The van der Waals surface area contributed by atoms with E-state index in [1.54, 1.807) is 14.2 Å². The monoisotopic (exact) mass is 526 g/mol. The molecule has 0 aliphatic rings. The lowest BCUT2D eigenvalue weighted by molar-refractivity contribution is 0.295. The van der Waals surface area contributed by atoms with E-state index in [9.17, 15) is 0 Å². The third-order valence-electron chi connectivity index (χ3n) is 4.99. The summed E-state index contributed by atoms with van der Waals surface area (Å²) in [7, 11) is 3.28. The fourth-order valence-electron chi connectivity index (χ4n) is 3.15. The number of rotatable bonds is 11. The van der Waals surface area contributed by atoms with E-state index in [-0.39, 0.29) is 24.0 Å². The average Bonchev–Trinajstić information content (AvgIpc) is 2.76. The number of halogens is 1. The Morgan fingerprint density at radius 2 is 1.67 bits per heavy atom. The maximum atomic E-state index is 6.07. The van der Waals surface area contributed by atoms with Gasteiger partial charge in [-0.2, -0.15) is 0 Å². The van der Waals surface area contributed by atoms with E-state index in [0.29, 0.717) is 19.0 Å². The number of methoxy groups -OCH3 is 2. The number of nitrogens with zero attached hydrogens (tertiary/aromatic N) is 2. The quantitative estimate of drug-likeness (QED) is 0.265. The number of nitrogens with two attached hydrogens (primary N) is 1. The summed E-state index contributed by atoms with van der Waals surface area (Å²) in [6.45, 7) is 8.65. The Bertz CT molecular complexity index is 795. The lowest BCUT2D eigenvalue weighted by Crippen LogP contribution is -2.33. The number of ether oxygens (including phenoxy) is 2. The molecule has 0 fully saturated rings. The van der Waals surface area contributed by atoms with Crippen LogP contribution in [-0.4, -0.2) is 44.7 Å². The molecule has 0 spiro atoms. The van der Waals surface area contributed by atoms with Gasteiger partial charge in [-0.25, -0.2) is 4.99 Å². The minimum Gasteiger partial charge on any atom is -0.493 e. The van der Waals surface area contributed by atoms with Crippen LogP contribution in [0.25, 0.3) is 0 Å². The highest BCUT2D eigenvalue weighted by atomic mass is 127. The number of guanidine groups is 1. The normalized spacial score (nSPS) is 11.2. The van der Waals surface area contributed by atoms with Gasteiger partial charge in [-0.15, -0.1) is 24.0 Å². The van der Waals surface area contributed by atoms with Crippen molar-refractivity contribution >= 4 is 29.9 Å². The van der Waals surface area contributed by atoms with Crippen molar-refractivity contribution in [2.75, 3.05) is 33.9 Å². The second-order valence-corrected chi connectivity index (χ2v) is 6.80. The molecule has 0 aromatic heterocycles. The molecule has 0 heterocycles. The summed E-state index contributed by atoms with van der Waals surface area (Å²) in [6.07, 6.45) is 0.815. The van der Waals surface area contributed by atoms with E-state index >= 15 is 0 Å². The molecular formula is C23H35IN4O2. The molecule has 2 rings (SSSR count). The minimum absolute atomic E-state index is 0. The third kappa shape index (κ3) is 8.02. The SMILES string of the molecule is CCN(CC)Cc1ccccc1CN=C(N)NCCc1ccc(OC)c(OC)c1.I. The van der Waals surface area contributed by atoms with Crippen molar-refractivity contribution in [3.05, 3.63) is 59.2 Å². The average molecular weight is 526 g/mol. The van der Waals surface area contributed by atoms with Gasteiger partial charge in [-0.05, 0) is 48.3 Å². The van der Waals surface area contributed by atoms with E-state index in [1.807, 2.05) is 18.2 Å². The van der Waals surface area contributed by atoms with E-state index in [0.717, 1.165) is 43.1 Å². The first-order valence-corrected chi connectivity index (χ1v) is 10.1. The van der Waals surface area contributed by atoms with Gasteiger partial charge < -0.3 is 20.5 Å². The van der Waals surface area contributed by atoms with Gasteiger partial charge >= 0.3 is 0 Å². The highest BCUT2D eigenvalue weighted by Gasteiger charge is 2.07. The van der Waals surface area contributed by atoms with Gasteiger partial charge in [-0.3, -0.25) is 4.90 Å². The van der Waals surface area contributed by atoms with Gasteiger partial charge in [-0.1, -0.05) is 44.2 Å². The molecule has 0 atom stereocenters. The second kappa shape index (κ2) is 14.1. The topological polar surface area (TPSA) is 72.1 Å². The smallest absolute Gasteiger partial charge is 0.188 e. The zero-order valence-corrected chi connectivity index (χ0v) is 20.8. The molecule has 0 saturated heterocycles. The summed E-state index contributed by atoms with van der Waals surface area (Å²) in [5, 5.41) is 3.20. The number of hydrogen-bond donors (Lipinski definition) is 2. The second-order valence-electron chi connectivity index (χ2n) is 6.80. The minimum atomic E-state index is 0. The number of aliphatic imine (C=N–C) groups is 1. The van der Waals surface area contributed by atoms with Crippen LogP contribution in [-0.2, 0) is 19.5 Å². The summed E-state index contributed by atoms with van der Waals surface area (Å²) < 4.78 is 10.6. The fraction of sp³-hybridized carbons (Fsp3) is 0.435. The highest BCUT2D eigenvalue weighted by Crippen LogP contribution is 2.27. The predicted molar refractivity (Wildman–Crippen MR) is 135 cm³/mol. The molecule has 0 bridgehead atoms. The van der Waals surface area contributed by atoms with Gasteiger partial charge in [0.2, 0.25) is 0 Å². The molecular weight excluding hydrogens is 491 g/mol. The van der Waals surface area contributed by atoms with Crippen LogP contribution in [0.2, 0.25) is 0 Å². The van der Waals surface area contributed by atoms with Crippen molar-refractivity contribution < 1.29 is 9.47 Å². The molecule has 0 aliphatic carbocycles. The standard InChI is InChI=1S/C23H34N4O2.HI/c1-5-27(6-2)17-20-10-8-7-9-19(20)16-26-23(24)25-14-13-18-11-12-21(28-3)22(15-18)29-4;/h7-12,15H,5-6,13-14,16-17H2,1-4H3,(H3,24,25,26);1H. The zero-order chi connectivity index (χ0) is 21.1. The van der Waals surface area contributed by atoms with E-state index in [1.165, 1.54) is 11.1 Å². The van der Waals surface area contributed by atoms with Gasteiger partial charge in [0.25, 0.3) is 0 Å². The Morgan fingerprint density at radius 3 is 2.30 bits per heavy atom. The van der Waals surface area contributed by atoms with Crippen LogP contribution in [0.5, 0.6) is 11.5 Å². The first-order valence-electron chi connectivity index (χ1n) is 10.1. The Balaban J connectivity index is 0.00000450. The molecule has 166 valence electrons. The van der Waals surface area contributed by atoms with E-state index < -0.39 is 0 Å². The summed E-state index contributed by atoms with van der Waals surface area (Å²) in [5.41, 5.74) is 9.74. The maximum Gasteiger partial charge on any atom is 0.188 e. The zero-order valence-electron chi connectivity index (χ0n) is 18.5. The van der Waals surface area contributed by atoms with Gasteiger partial charge in [0, 0.05) is 13.1 Å². The molecule has 3 N–H and O–H groups in total. The third-order valence-corrected chi connectivity index (χ3v) is 4.99. The summed E-state index contributed by atoms with van der Waals surface area (Å²) >= 11 is 0. The van der Waals surface area contributed by atoms with Crippen LogP contribution in [0.3, 0.4) is 0 Å². The molecule has 30 heavy (non-hydrogen) atoms. The van der Waals surface area contributed by atoms with Gasteiger partial charge in [0.05, 0.1) is 20.8 Å². The predicted octanol–water partition coefficient (Wildman–Crippen LogP) is 3.81. The highest BCUT2D eigenvalue weighted by molar-refractivity contribution is 14.0. The Labute approximate surface area is 197 Å². The molecule has 0 aliphatic heterocycles. The molecule has 0 radical (unpaired) electrons. The molecule has 0 saturated carbocycles. The van der Waals surface area contributed by atoms with Crippen molar-refractivity contribution in [2.45, 2.75) is 33.4 Å². The van der Waals surface area contributed by atoms with Crippen molar-refractivity contribution in [3.63, 3.8) is 0 Å². The lowest BCUT2D eigenvalue weighted by atomic mass is 10.1. The van der Waals surface area contributed by atoms with Crippen LogP contribution >= 0.6 is 24.0 Å². The largest absolute Gasteiger partial charge is 0.493 e. The molecule has 2 aromatic carbocycles. The Kier molecular flexibility index (Phi) is 12.2. The van der Waals surface area contributed by atoms with Crippen LogP contribution < -0.4 is 20.5 Å². The number of benzene rings is 2. The first-order chi connectivity index (χ1) is 14.1. The van der Waals surface area contributed by atoms with Crippen LogP contribution in [0.1, 0.15) is 30.5 Å². The molecule has 0 unspecified atom stereocenters. The number of nitrogens with one attached hydrogen (secondary N) is 1. The first kappa shape index (κ1) is 26.0. The number of hydrogen-bond acceptors (Lipinski definition) is 4. The van der Waals surface area contributed by atoms with Crippen molar-refractivity contribution in [2.24, 2.45) is 10.7 Å². The lowest BCUT2D eigenvalue weighted by Gasteiger charge is -2.19. The summed E-state index contributed by atoms with van der Waals surface area (Å²) in [5.74, 6) is 1.92. The van der Waals surface area contributed by atoms with Crippen LogP contribution in [0.15, 0.2) is 47.5 Å². The van der Waals surface area contributed by atoms with Crippen LogP contribution in [0.4, 0.5) is 0 Å². The summed E-state index contributed by atoms with van der Waals surface area (Å²) in [4.78, 5) is 6.92. The van der Waals surface area contributed by atoms with E-state index in [4.69, 9.17) is 15.2 Å². The van der Waals surface area contributed by atoms with Crippen molar-refractivity contribution in [1.82, 2.24) is 10.2 Å². The maximum absolute atomic E-state index is 6.07. The summed E-state index contributed by atoms with van der Waals surface area (Å²) in [6, 6.07) is 14.4. The van der Waals surface area contributed by atoms with Crippen LogP contribution in [0, 0.1) is 0 Å². The molecule has 2 aromatic rings. The van der Waals surface area contributed by atoms with Crippen molar-refractivity contribution in [3.8, 4) is 11.5 Å². The Hall–Kier alpha value is -2.00. The van der Waals surface area contributed by atoms with E-state index in [2.05, 4.69) is 53.3 Å². The molecule has 7 heteroatoms. The van der Waals surface area contributed by atoms with Gasteiger partial charge in [0.1, 0.15) is 0 Å². The fourth-order valence-corrected chi connectivity index (χ4v) is 3.15.